The number of hydrogen-bond donors (Lipinski definition) is 1. The molecule has 0 aromatic heterocycles. The Morgan fingerprint density at radius 2 is 1.62 bits per heavy atom. The van der Waals surface area contributed by atoms with Crippen molar-refractivity contribution in [3.05, 3.63) is 89.4 Å². The van der Waals surface area contributed by atoms with Gasteiger partial charge in [-0.3, -0.25) is 4.72 Å². The van der Waals surface area contributed by atoms with Crippen molar-refractivity contribution in [1.82, 2.24) is 0 Å². The quantitative estimate of drug-likeness (QED) is 0.663. The van der Waals surface area contributed by atoms with Crippen molar-refractivity contribution >= 4 is 33.0 Å². The largest absolute Gasteiger partial charge is 0.370 e. The number of benzene rings is 3. The molecule has 0 atom stereocenters. The molecule has 6 heteroatoms. The van der Waals surface area contributed by atoms with Crippen molar-refractivity contribution < 1.29 is 8.42 Å². The van der Waals surface area contributed by atoms with Gasteiger partial charge in [0, 0.05) is 30.0 Å². The first kappa shape index (κ1) is 18.3. The maximum atomic E-state index is 12.4. The Hall–Kier alpha value is -2.50. The van der Waals surface area contributed by atoms with E-state index in [1.807, 2.05) is 37.4 Å². The number of halogens is 1. The lowest BCUT2D eigenvalue weighted by Gasteiger charge is -2.20. The lowest BCUT2D eigenvalue weighted by molar-refractivity contribution is 0.601. The summed E-state index contributed by atoms with van der Waals surface area (Å²) in [5.41, 5.74) is 2.71. The highest BCUT2D eigenvalue weighted by Crippen LogP contribution is 2.22. The maximum absolute atomic E-state index is 12.4. The van der Waals surface area contributed by atoms with Crippen LogP contribution in [-0.2, 0) is 16.6 Å². The summed E-state index contributed by atoms with van der Waals surface area (Å²) in [5.74, 6) is 0. The Morgan fingerprint density at radius 1 is 0.923 bits per heavy atom. The number of anilines is 2. The second kappa shape index (κ2) is 7.81. The highest BCUT2D eigenvalue weighted by Gasteiger charge is 2.14. The first-order valence-corrected chi connectivity index (χ1v) is 9.94. The number of hydrogen-bond acceptors (Lipinski definition) is 3. The zero-order chi connectivity index (χ0) is 18.6. The van der Waals surface area contributed by atoms with Crippen LogP contribution in [0.2, 0.25) is 5.02 Å². The van der Waals surface area contributed by atoms with Crippen LogP contribution >= 0.6 is 11.6 Å². The van der Waals surface area contributed by atoms with E-state index < -0.39 is 10.0 Å². The average Bonchev–Trinajstić information content (AvgIpc) is 2.63. The van der Waals surface area contributed by atoms with Gasteiger partial charge in [-0.2, -0.15) is 0 Å². The number of nitrogens with zero attached hydrogens (tertiary/aromatic N) is 1. The molecule has 0 amide bonds. The third kappa shape index (κ3) is 4.56. The smallest absolute Gasteiger partial charge is 0.261 e. The first-order chi connectivity index (χ1) is 12.4. The third-order valence-electron chi connectivity index (χ3n) is 3.93. The van der Waals surface area contributed by atoms with E-state index in [1.165, 1.54) is 17.7 Å². The van der Waals surface area contributed by atoms with Gasteiger partial charge in [-0.05, 0) is 48.0 Å². The molecule has 4 nitrogen and oxygen atoms in total. The molecule has 0 saturated heterocycles. The van der Waals surface area contributed by atoms with Gasteiger partial charge in [-0.1, -0.05) is 48.0 Å². The molecular weight excluding hydrogens is 368 g/mol. The van der Waals surface area contributed by atoms with Gasteiger partial charge in [0.25, 0.3) is 10.0 Å². The fourth-order valence-electron chi connectivity index (χ4n) is 2.58. The predicted octanol–water partition coefficient (Wildman–Crippen LogP) is 4.78. The van der Waals surface area contributed by atoms with Crippen molar-refractivity contribution in [2.24, 2.45) is 0 Å². The lowest BCUT2D eigenvalue weighted by Crippen LogP contribution is -2.16. The van der Waals surface area contributed by atoms with Gasteiger partial charge >= 0.3 is 0 Å². The molecule has 1 N–H and O–H groups in total. The van der Waals surface area contributed by atoms with E-state index in [-0.39, 0.29) is 4.90 Å². The Kier molecular flexibility index (Phi) is 5.49. The fraction of sp³-hybridized carbons (Fsp3) is 0.100. The normalized spacial score (nSPS) is 11.2. The standard InChI is InChI=1S/C20H19ClN2O2S/c1-23(15-16-6-3-2-4-7-16)19-12-10-18(11-13-19)22-26(24,25)20-9-5-8-17(21)14-20/h2-14,22H,15H2,1H3. The van der Waals surface area contributed by atoms with Crippen molar-refractivity contribution in [2.45, 2.75) is 11.4 Å². The van der Waals surface area contributed by atoms with Crippen molar-refractivity contribution in [3.63, 3.8) is 0 Å². The van der Waals surface area contributed by atoms with Gasteiger partial charge in [-0.15, -0.1) is 0 Å². The van der Waals surface area contributed by atoms with Gasteiger partial charge in [-0.25, -0.2) is 8.42 Å². The Morgan fingerprint density at radius 3 is 2.27 bits per heavy atom. The Labute approximate surface area is 159 Å². The van der Waals surface area contributed by atoms with Crippen molar-refractivity contribution in [2.75, 3.05) is 16.7 Å². The summed E-state index contributed by atoms with van der Waals surface area (Å²) in [5, 5.41) is 0.380. The lowest BCUT2D eigenvalue weighted by atomic mass is 10.2. The molecule has 0 spiro atoms. The number of rotatable bonds is 6. The zero-order valence-electron chi connectivity index (χ0n) is 14.3. The van der Waals surface area contributed by atoms with E-state index in [0.29, 0.717) is 10.7 Å². The van der Waals surface area contributed by atoms with Crippen LogP contribution in [0.15, 0.2) is 83.8 Å². The summed E-state index contributed by atoms with van der Waals surface area (Å²) in [6.45, 7) is 0.772. The van der Waals surface area contributed by atoms with Gasteiger partial charge in [0.15, 0.2) is 0 Å². The van der Waals surface area contributed by atoms with E-state index in [9.17, 15) is 8.42 Å². The number of sulfonamides is 1. The van der Waals surface area contributed by atoms with Crippen LogP contribution in [-0.4, -0.2) is 15.5 Å². The molecule has 0 unspecified atom stereocenters. The molecule has 0 aliphatic heterocycles. The molecule has 26 heavy (non-hydrogen) atoms. The summed E-state index contributed by atoms with van der Waals surface area (Å²) in [4.78, 5) is 2.24. The van der Waals surface area contributed by atoms with Crippen LogP contribution < -0.4 is 9.62 Å². The van der Waals surface area contributed by atoms with Crippen LogP contribution in [0.3, 0.4) is 0 Å². The molecule has 0 aliphatic rings. The van der Waals surface area contributed by atoms with Crippen LogP contribution in [0, 0.1) is 0 Å². The predicted molar refractivity (Wildman–Crippen MR) is 107 cm³/mol. The van der Waals surface area contributed by atoms with Crippen LogP contribution in [0.4, 0.5) is 11.4 Å². The number of nitrogens with one attached hydrogen (secondary N) is 1. The van der Waals surface area contributed by atoms with Crippen LogP contribution in [0.1, 0.15) is 5.56 Å². The summed E-state index contributed by atoms with van der Waals surface area (Å²) >= 11 is 5.88. The molecule has 0 saturated carbocycles. The fourth-order valence-corrected chi connectivity index (χ4v) is 3.94. The summed E-state index contributed by atoms with van der Waals surface area (Å²) in [6.07, 6.45) is 0. The molecule has 0 radical (unpaired) electrons. The molecule has 3 aromatic carbocycles. The van der Waals surface area contributed by atoms with E-state index in [4.69, 9.17) is 11.6 Å². The molecule has 0 bridgehead atoms. The highest BCUT2D eigenvalue weighted by molar-refractivity contribution is 7.92. The van der Waals surface area contributed by atoms with E-state index in [2.05, 4.69) is 21.8 Å². The first-order valence-electron chi connectivity index (χ1n) is 8.07. The minimum atomic E-state index is -3.67. The molecule has 3 rings (SSSR count). The molecule has 134 valence electrons. The van der Waals surface area contributed by atoms with Crippen molar-refractivity contribution in [3.8, 4) is 0 Å². The highest BCUT2D eigenvalue weighted by atomic mass is 35.5. The minimum absolute atomic E-state index is 0.135. The molecule has 0 heterocycles. The Balaban J connectivity index is 1.71. The second-order valence-electron chi connectivity index (χ2n) is 5.95. The Bertz CT molecular complexity index is 974. The minimum Gasteiger partial charge on any atom is -0.370 e. The monoisotopic (exact) mass is 386 g/mol. The summed E-state index contributed by atoms with van der Waals surface area (Å²) in [6, 6.07) is 23.6. The van der Waals surface area contributed by atoms with Gasteiger partial charge in [0.1, 0.15) is 0 Å². The summed E-state index contributed by atoms with van der Waals surface area (Å²) in [7, 11) is -1.67. The van der Waals surface area contributed by atoms with E-state index in [1.54, 1.807) is 24.3 Å². The van der Waals surface area contributed by atoms with Crippen molar-refractivity contribution in [1.29, 1.82) is 0 Å². The zero-order valence-corrected chi connectivity index (χ0v) is 15.8. The average molecular weight is 387 g/mol. The third-order valence-corrected chi connectivity index (χ3v) is 5.54. The maximum Gasteiger partial charge on any atom is 0.261 e. The van der Waals surface area contributed by atoms with E-state index >= 15 is 0 Å². The van der Waals surface area contributed by atoms with Crippen LogP contribution in [0.5, 0.6) is 0 Å². The topological polar surface area (TPSA) is 49.4 Å². The molecule has 3 aromatic rings. The van der Waals surface area contributed by atoms with Gasteiger partial charge in [0.05, 0.1) is 4.90 Å². The van der Waals surface area contributed by atoms with Gasteiger partial charge in [0.2, 0.25) is 0 Å². The van der Waals surface area contributed by atoms with Crippen LogP contribution in [0.25, 0.3) is 0 Å². The summed E-state index contributed by atoms with van der Waals surface area (Å²) < 4.78 is 27.4. The van der Waals surface area contributed by atoms with Gasteiger partial charge < -0.3 is 4.90 Å². The second-order valence-corrected chi connectivity index (χ2v) is 8.07. The SMILES string of the molecule is CN(Cc1ccccc1)c1ccc(NS(=O)(=O)c2cccc(Cl)c2)cc1. The van der Waals surface area contributed by atoms with E-state index in [0.717, 1.165) is 12.2 Å². The molecular formula is C20H19ClN2O2S. The molecule has 0 fully saturated rings. The molecule has 0 aliphatic carbocycles.